The Morgan fingerprint density at radius 3 is 2.88 bits per heavy atom. The van der Waals surface area contributed by atoms with E-state index in [9.17, 15) is 4.79 Å². The molecule has 0 saturated carbocycles. The third kappa shape index (κ3) is 3.67. The second kappa shape index (κ2) is 6.81. The van der Waals surface area contributed by atoms with E-state index in [0.717, 1.165) is 24.2 Å². The second-order valence-electron chi connectivity index (χ2n) is 3.75. The summed E-state index contributed by atoms with van der Waals surface area (Å²) in [6.45, 7) is 7.76. The number of aldehydes is 1. The molecule has 17 heavy (non-hydrogen) atoms. The van der Waals surface area contributed by atoms with Gasteiger partial charge in [0.05, 0.1) is 6.61 Å². The van der Waals surface area contributed by atoms with Gasteiger partial charge >= 0.3 is 0 Å². The number of carbonyl (C=O) groups excluding carboxylic acids is 1. The fraction of sp³-hybridized carbons (Fsp3) is 0.385. The van der Waals surface area contributed by atoms with Crippen molar-refractivity contribution in [3.63, 3.8) is 0 Å². The minimum atomic E-state index is 0.594. The molecule has 0 saturated heterocycles. The van der Waals surface area contributed by atoms with E-state index in [0.29, 0.717) is 18.7 Å². The summed E-state index contributed by atoms with van der Waals surface area (Å²) in [7, 11) is 1.67. The van der Waals surface area contributed by atoms with Crippen molar-refractivity contribution in [1.29, 1.82) is 0 Å². The summed E-state index contributed by atoms with van der Waals surface area (Å²) < 4.78 is 5.06. The summed E-state index contributed by atoms with van der Waals surface area (Å²) in [5, 5.41) is 0. The first-order valence-corrected chi connectivity index (χ1v) is 5.49. The van der Waals surface area contributed by atoms with Crippen molar-refractivity contribution in [3.8, 4) is 0 Å². The highest BCUT2D eigenvalue weighted by atomic mass is 16.5. The summed E-state index contributed by atoms with van der Waals surface area (Å²) in [4.78, 5) is 17.0. The Hall–Kier alpha value is -1.68. The number of aromatic nitrogens is 1. The molecule has 0 aliphatic heterocycles. The second-order valence-corrected chi connectivity index (χ2v) is 3.75. The minimum Gasteiger partial charge on any atom is -0.383 e. The van der Waals surface area contributed by atoms with Gasteiger partial charge in [0.1, 0.15) is 5.82 Å². The molecule has 4 nitrogen and oxygen atoms in total. The van der Waals surface area contributed by atoms with E-state index in [4.69, 9.17) is 4.74 Å². The van der Waals surface area contributed by atoms with Crippen LogP contribution in [0.3, 0.4) is 0 Å². The number of hydrogen-bond donors (Lipinski definition) is 0. The van der Waals surface area contributed by atoms with Gasteiger partial charge in [-0.05, 0) is 18.6 Å². The van der Waals surface area contributed by atoms with Crippen LogP contribution in [0.1, 0.15) is 15.9 Å². The Balaban J connectivity index is 2.92. The molecule has 1 heterocycles. The van der Waals surface area contributed by atoms with E-state index >= 15 is 0 Å². The smallest absolute Gasteiger partial charge is 0.151 e. The molecular formula is C13H18N2O2. The third-order valence-electron chi connectivity index (χ3n) is 2.42. The lowest BCUT2D eigenvalue weighted by molar-refractivity contribution is 0.112. The van der Waals surface area contributed by atoms with Crippen LogP contribution in [-0.2, 0) is 4.74 Å². The average molecular weight is 234 g/mol. The van der Waals surface area contributed by atoms with Gasteiger partial charge in [-0.15, -0.1) is 6.58 Å². The predicted molar refractivity (Wildman–Crippen MR) is 68.6 cm³/mol. The van der Waals surface area contributed by atoms with Crippen LogP contribution in [0.5, 0.6) is 0 Å². The number of carbonyl (C=O) groups is 1. The van der Waals surface area contributed by atoms with Crippen LogP contribution in [-0.4, -0.2) is 38.1 Å². The minimum absolute atomic E-state index is 0.594. The number of rotatable bonds is 7. The van der Waals surface area contributed by atoms with Crippen molar-refractivity contribution in [2.75, 3.05) is 31.7 Å². The highest BCUT2D eigenvalue weighted by molar-refractivity contribution is 5.75. The van der Waals surface area contributed by atoms with Gasteiger partial charge < -0.3 is 9.64 Å². The van der Waals surface area contributed by atoms with E-state index in [1.165, 1.54) is 0 Å². The Labute approximate surface area is 102 Å². The Morgan fingerprint density at radius 1 is 1.59 bits per heavy atom. The van der Waals surface area contributed by atoms with E-state index in [2.05, 4.69) is 16.5 Å². The summed E-state index contributed by atoms with van der Waals surface area (Å²) in [6, 6.07) is 1.83. The number of nitrogens with zero attached hydrogens (tertiary/aromatic N) is 2. The normalized spacial score (nSPS) is 10.0. The molecule has 0 spiro atoms. The molecule has 0 bridgehead atoms. The number of aryl methyl sites for hydroxylation is 1. The number of pyridine rings is 1. The molecule has 1 aromatic heterocycles. The van der Waals surface area contributed by atoms with Crippen LogP contribution < -0.4 is 4.90 Å². The maximum absolute atomic E-state index is 10.6. The van der Waals surface area contributed by atoms with Gasteiger partial charge in [0.2, 0.25) is 0 Å². The predicted octanol–water partition coefficient (Wildman–Crippen LogP) is 1.84. The SMILES string of the molecule is C=CCN(CCOC)c1ncc(C=O)cc1C. The number of anilines is 1. The molecule has 0 atom stereocenters. The topological polar surface area (TPSA) is 42.4 Å². The standard InChI is InChI=1S/C13H18N2O2/c1-4-5-15(6-7-17-3)13-11(2)8-12(10-16)9-14-13/h4,8-10H,1,5-7H2,2-3H3. The lowest BCUT2D eigenvalue weighted by atomic mass is 10.2. The molecule has 4 heteroatoms. The first kappa shape index (κ1) is 13.4. The molecule has 92 valence electrons. The zero-order valence-electron chi connectivity index (χ0n) is 10.3. The molecule has 0 N–H and O–H groups in total. The molecule has 0 aliphatic carbocycles. The molecule has 0 amide bonds. The third-order valence-corrected chi connectivity index (χ3v) is 2.42. The number of ether oxygens (including phenoxy) is 1. The van der Waals surface area contributed by atoms with E-state index in [1.807, 2.05) is 19.1 Å². The Bertz CT molecular complexity index is 391. The van der Waals surface area contributed by atoms with Gasteiger partial charge in [-0.3, -0.25) is 4.79 Å². The maximum Gasteiger partial charge on any atom is 0.151 e. The van der Waals surface area contributed by atoms with Gasteiger partial charge in [-0.25, -0.2) is 4.98 Å². The van der Waals surface area contributed by atoms with E-state index < -0.39 is 0 Å². The number of hydrogen-bond acceptors (Lipinski definition) is 4. The zero-order chi connectivity index (χ0) is 12.7. The molecule has 0 radical (unpaired) electrons. The Kier molecular flexibility index (Phi) is 5.36. The molecular weight excluding hydrogens is 216 g/mol. The molecule has 0 aliphatic rings. The molecule has 1 aromatic rings. The van der Waals surface area contributed by atoms with E-state index in [1.54, 1.807) is 13.3 Å². The first-order valence-electron chi connectivity index (χ1n) is 5.49. The van der Waals surface area contributed by atoms with Crippen LogP contribution in [0.25, 0.3) is 0 Å². The van der Waals surface area contributed by atoms with Gasteiger partial charge in [0.25, 0.3) is 0 Å². The van der Waals surface area contributed by atoms with Crippen LogP contribution in [0.2, 0.25) is 0 Å². The van der Waals surface area contributed by atoms with Gasteiger partial charge in [0.15, 0.2) is 6.29 Å². The number of methoxy groups -OCH3 is 1. The monoisotopic (exact) mass is 234 g/mol. The maximum atomic E-state index is 10.6. The highest BCUT2D eigenvalue weighted by Crippen LogP contribution is 2.17. The molecule has 0 aromatic carbocycles. The summed E-state index contributed by atoms with van der Waals surface area (Å²) >= 11 is 0. The van der Waals surface area contributed by atoms with Crippen LogP contribution in [0.4, 0.5) is 5.82 Å². The summed E-state index contributed by atoms with van der Waals surface area (Å²) in [5.74, 6) is 0.868. The molecule has 0 unspecified atom stereocenters. The van der Waals surface area contributed by atoms with E-state index in [-0.39, 0.29) is 0 Å². The summed E-state index contributed by atoms with van der Waals surface area (Å²) in [5.41, 5.74) is 1.57. The fourth-order valence-electron chi connectivity index (χ4n) is 1.63. The van der Waals surface area contributed by atoms with Crippen molar-refractivity contribution in [2.24, 2.45) is 0 Å². The fourth-order valence-corrected chi connectivity index (χ4v) is 1.63. The van der Waals surface area contributed by atoms with Crippen molar-refractivity contribution in [1.82, 2.24) is 4.98 Å². The van der Waals surface area contributed by atoms with Crippen LogP contribution >= 0.6 is 0 Å². The quantitative estimate of drug-likeness (QED) is 0.533. The first-order chi connectivity index (χ1) is 8.22. The Morgan fingerprint density at radius 2 is 2.35 bits per heavy atom. The van der Waals surface area contributed by atoms with Crippen LogP contribution in [0.15, 0.2) is 24.9 Å². The lowest BCUT2D eigenvalue weighted by Gasteiger charge is -2.23. The van der Waals surface area contributed by atoms with Crippen LogP contribution in [0, 0.1) is 6.92 Å². The lowest BCUT2D eigenvalue weighted by Crippen LogP contribution is -2.28. The van der Waals surface area contributed by atoms with Crippen molar-refractivity contribution in [3.05, 3.63) is 36.0 Å². The molecule has 1 rings (SSSR count). The van der Waals surface area contributed by atoms with Crippen molar-refractivity contribution < 1.29 is 9.53 Å². The van der Waals surface area contributed by atoms with Gasteiger partial charge in [0, 0.05) is 32.0 Å². The average Bonchev–Trinajstić information content (AvgIpc) is 2.34. The van der Waals surface area contributed by atoms with Crippen molar-refractivity contribution in [2.45, 2.75) is 6.92 Å². The highest BCUT2D eigenvalue weighted by Gasteiger charge is 2.09. The van der Waals surface area contributed by atoms with Gasteiger partial charge in [-0.1, -0.05) is 6.08 Å². The summed E-state index contributed by atoms with van der Waals surface area (Å²) in [6.07, 6.45) is 4.21. The van der Waals surface area contributed by atoms with Crippen molar-refractivity contribution >= 4 is 12.1 Å². The molecule has 0 fully saturated rings. The zero-order valence-corrected chi connectivity index (χ0v) is 10.3. The van der Waals surface area contributed by atoms with Gasteiger partial charge in [-0.2, -0.15) is 0 Å². The largest absolute Gasteiger partial charge is 0.383 e.